The molecule has 2 heterocycles. The maximum absolute atomic E-state index is 11.4. The molecule has 0 radical (unpaired) electrons. The molecule has 7 N–H and O–H groups in total. The average molecular weight is 378 g/mol. The molecular weight excluding hydrogens is 360 g/mol. The van der Waals surface area contributed by atoms with Crippen LogP contribution in [-0.2, 0) is 5.66 Å². The number of nitrogens with zero attached hydrogens (tertiary/aromatic N) is 1. The molecule has 3 aromatic rings. The minimum atomic E-state index is -1.06. The fraction of sp³-hybridized carbons (Fsp3) is 0.105. The normalized spacial score (nSPS) is 18.9. The Labute approximate surface area is 159 Å². The number of H-pyrrole nitrogens is 1. The Morgan fingerprint density at radius 1 is 1.25 bits per heavy atom. The molecule has 1 unspecified atom stereocenters. The van der Waals surface area contributed by atoms with Crippen LogP contribution in [-0.4, -0.2) is 16.9 Å². The van der Waals surface area contributed by atoms with Crippen molar-refractivity contribution >= 4 is 28.7 Å². The third kappa shape index (κ3) is 3.03. The van der Waals surface area contributed by atoms with E-state index in [0.717, 1.165) is 5.57 Å². The lowest BCUT2D eigenvalue weighted by Gasteiger charge is -2.35. The van der Waals surface area contributed by atoms with Crippen molar-refractivity contribution in [1.29, 1.82) is 0 Å². The lowest BCUT2D eigenvalue weighted by molar-refractivity contribution is 0.100. The van der Waals surface area contributed by atoms with Crippen LogP contribution in [0.15, 0.2) is 68.4 Å². The topological polar surface area (TPSA) is 152 Å². The molecule has 4 rings (SSSR count). The number of aromatic amines is 1. The summed E-state index contributed by atoms with van der Waals surface area (Å²) >= 11 is 0. The number of hydrogen-bond acceptors (Lipinski definition) is 7. The highest BCUT2D eigenvalue weighted by Crippen LogP contribution is 2.28. The Balaban J connectivity index is 1.65. The molecule has 1 aliphatic heterocycles. The number of nitrogens with two attached hydrogens (primary N) is 2. The monoisotopic (exact) mass is 378 g/mol. The van der Waals surface area contributed by atoms with Crippen LogP contribution in [0.3, 0.4) is 0 Å². The second-order valence-corrected chi connectivity index (χ2v) is 6.52. The van der Waals surface area contributed by atoms with Crippen LogP contribution in [0.4, 0.5) is 5.69 Å². The number of anilines is 1. The Kier molecular flexibility index (Phi) is 4.01. The van der Waals surface area contributed by atoms with Crippen molar-refractivity contribution in [2.24, 2.45) is 16.5 Å². The number of oxazole rings is 1. The third-order valence-corrected chi connectivity index (χ3v) is 4.61. The van der Waals surface area contributed by atoms with E-state index < -0.39 is 17.3 Å². The van der Waals surface area contributed by atoms with Crippen molar-refractivity contribution in [2.45, 2.75) is 12.6 Å². The molecule has 28 heavy (non-hydrogen) atoms. The van der Waals surface area contributed by atoms with Crippen LogP contribution in [0.25, 0.3) is 11.1 Å². The minimum Gasteiger partial charge on any atom is -0.408 e. The number of fused-ring (bicyclic) bond motifs is 1. The third-order valence-electron chi connectivity index (χ3n) is 4.61. The molecule has 2 aromatic carbocycles. The van der Waals surface area contributed by atoms with E-state index in [1.807, 2.05) is 6.92 Å². The second-order valence-electron chi connectivity index (χ2n) is 6.52. The molecule has 0 spiro atoms. The van der Waals surface area contributed by atoms with Gasteiger partial charge in [-0.15, -0.1) is 0 Å². The van der Waals surface area contributed by atoms with Crippen molar-refractivity contribution in [3.63, 3.8) is 0 Å². The molecule has 1 amide bonds. The summed E-state index contributed by atoms with van der Waals surface area (Å²) in [4.78, 5) is 29.7. The summed E-state index contributed by atoms with van der Waals surface area (Å²) in [6.45, 7) is 1.85. The van der Waals surface area contributed by atoms with Gasteiger partial charge in [-0.05, 0) is 48.4 Å². The fourth-order valence-corrected chi connectivity index (χ4v) is 3.03. The molecule has 9 heteroatoms. The molecule has 0 saturated heterocycles. The van der Waals surface area contributed by atoms with Crippen LogP contribution in [0.2, 0.25) is 0 Å². The maximum atomic E-state index is 11.4. The zero-order valence-corrected chi connectivity index (χ0v) is 14.9. The van der Waals surface area contributed by atoms with Gasteiger partial charge in [-0.1, -0.05) is 12.1 Å². The quantitative estimate of drug-likeness (QED) is 0.463. The van der Waals surface area contributed by atoms with E-state index in [2.05, 4.69) is 20.6 Å². The molecule has 1 atom stereocenters. The molecule has 0 saturated carbocycles. The van der Waals surface area contributed by atoms with Gasteiger partial charge in [-0.25, -0.2) is 9.79 Å². The van der Waals surface area contributed by atoms with Gasteiger partial charge >= 0.3 is 5.76 Å². The van der Waals surface area contributed by atoms with Gasteiger partial charge in [0.25, 0.3) is 0 Å². The van der Waals surface area contributed by atoms with Crippen molar-refractivity contribution in [3.05, 3.63) is 75.9 Å². The SMILES string of the molecule is CC1=CN=C(Nc2cccc(C(N)=O)c2)NC1(N)c1ccc2oc(=O)[nH]c2c1. The minimum absolute atomic E-state index is 0.376. The van der Waals surface area contributed by atoms with Crippen molar-refractivity contribution in [2.75, 3.05) is 5.32 Å². The summed E-state index contributed by atoms with van der Waals surface area (Å²) in [6.07, 6.45) is 1.65. The maximum Gasteiger partial charge on any atom is 0.417 e. The summed E-state index contributed by atoms with van der Waals surface area (Å²) in [5.41, 5.74) is 14.4. The Hall–Kier alpha value is -3.85. The highest BCUT2D eigenvalue weighted by atomic mass is 16.4. The molecule has 1 aromatic heterocycles. The number of rotatable bonds is 3. The number of benzene rings is 2. The van der Waals surface area contributed by atoms with Gasteiger partial charge in [0.05, 0.1) is 5.52 Å². The van der Waals surface area contributed by atoms with Gasteiger partial charge in [0, 0.05) is 17.5 Å². The van der Waals surface area contributed by atoms with Crippen LogP contribution >= 0.6 is 0 Å². The summed E-state index contributed by atoms with van der Waals surface area (Å²) in [6, 6.07) is 12.0. The van der Waals surface area contributed by atoms with E-state index in [0.29, 0.717) is 33.9 Å². The lowest BCUT2D eigenvalue weighted by atomic mass is 9.92. The second kappa shape index (κ2) is 6.39. The molecule has 9 nitrogen and oxygen atoms in total. The predicted octanol–water partition coefficient (Wildman–Crippen LogP) is 1.31. The number of amides is 1. The molecule has 0 fully saturated rings. The highest BCUT2D eigenvalue weighted by Gasteiger charge is 2.33. The smallest absolute Gasteiger partial charge is 0.408 e. The zero-order chi connectivity index (χ0) is 19.9. The number of hydrogen-bond donors (Lipinski definition) is 5. The Morgan fingerprint density at radius 3 is 2.86 bits per heavy atom. The van der Waals surface area contributed by atoms with Crippen LogP contribution < -0.4 is 27.9 Å². The van der Waals surface area contributed by atoms with Crippen LogP contribution in [0.1, 0.15) is 22.8 Å². The summed E-state index contributed by atoms with van der Waals surface area (Å²) < 4.78 is 5.04. The molecular formula is C19H18N6O3. The first-order chi connectivity index (χ1) is 13.3. The first-order valence-electron chi connectivity index (χ1n) is 8.47. The highest BCUT2D eigenvalue weighted by molar-refractivity contribution is 5.98. The number of aromatic nitrogens is 1. The van der Waals surface area contributed by atoms with Crippen LogP contribution in [0, 0.1) is 0 Å². The number of primary amides is 1. The van der Waals surface area contributed by atoms with E-state index in [9.17, 15) is 9.59 Å². The van der Waals surface area contributed by atoms with Crippen molar-refractivity contribution in [3.8, 4) is 0 Å². The van der Waals surface area contributed by atoms with E-state index in [1.54, 1.807) is 48.7 Å². The number of guanidine groups is 1. The van der Waals surface area contributed by atoms with Gasteiger partial charge in [0.2, 0.25) is 11.9 Å². The Morgan fingerprint density at radius 2 is 2.07 bits per heavy atom. The molecule has 1 aliphatic rings. The van der Waals surface area contributed by atoms with Gasteiger partial charge in [-0.3, -0.25) is 9.78 Å². The van der Waals surface area contributed by atoms with E-state index >= 15 is 0 Å². The molecule has 142 valence electrons. The number of aliphatic imine (C=N–C) groups is 1. The van der Waals surface area contributed by atoms with Gasteiger partial charge in [0.1, 0.15) is 5.66 Å². The lowest BCUT2D eigenvalue weighted by Crippen LogP contribution is -2.57. The summed E-state index contributed by atoms with van der Waals surface area (Å²) in [7, 11) is 0. The fourth-order valence-electron chi connectivity index (χ4n) is 3.03. The predicted molar refractivity (Wildman–Crippen MR) is 106 cm³/mol. The van der Waals surface area contributed by atoms with Crippen molar-refractivity contribution in [1.82, 2.24) is 10.3 Å². The van der Waals surface area contributed by atoms with Gasteiger partial charge in [-0.2, -0.15) is 0 Å². The van der Waals surface area contributed by atoms with Crippen molar-refractivity contribution < 1.29 is 9.21 Å². The van der Waals surface area contributed by atoms with E-state index in [4.69, 9.17) is 15.9 Å². The standard InChI is InChI=1S/C19H18N6O3/c1-10-9-22-17(23-13-4-2-3-11(7-13)16(20)26)25-19(10,21)12-5-6-15-14(8-12)24-18(27)28-15/h2-9H,21H2,1H3,(H2,20,26)(H,24,27)(H2,22,23,25). The Bertz CT molecular complexity index is 1210. The average Bonchev–Trinajstić information content (AvgIpc) is 3.04. The summed E-state index contributed by atoms with van der Waals surface area (Å²) in [5.74, 6) is -0.649. The number of carbonyl (C=O) groups is 1. The van der Waals surface area contributed by atoms with Gasteiger partial charge < -0.3 is 26.5 Å². The number of nitrogens with one attached hydrogen (secondary N) is 3. The molecule has 0 aliphatic carbocycles. The molecule has 0 bridgehead atoms. The first-order valence-corrected chi connectivity index (χ1v) is 8.47. The van der Waals surface area contributed by atoms with Gasteiger partial charge in [0.15, 0.2) is 5.58 Å². The van der Waals surface area contributed by atoms with E-state index in [-0.39, 0.29) is 0 Å². The zero-order valence-electron chi connectivity index (χ0n) is 14.9. The van der Waals surface area contributed by atoms with Crippen LogP contribution in [0.5, 0.6) is 0 Å². The largest absolute Gasteiger partial charge is 0.417 e. The summed E-state index contributed by atoms with van der Waals surface area (Å²) in [5, 5.41) is 6.27. The van der Waals surface area contributed by atoms with E-state index in [1.165, 1.54) is 0 Å². The first kappa shape index (κ1) is 17.6. The number of carbonyl (C=O) groups excluding carboxylic acids is 1.